The van der Waals surface area contributed by atoms with Crippen molar-refractivity contribution in [3.05, 3.63) is 107 Å². The number of carbonyl (C=O) groups excluding carboxylic acids is 2. The predicted molar refractivity (Wildman–Crippen MR) is 138 cm³/mol. The molecule has 190 valence electrons. The van der Waals surface area contributed by atoms with Gasteiger partial charge in [-0.05, 0) is 62.7 Å². The first-order valence-corrected chi connectivity index (χ1v) is 11.7. The summed E-state index contributed by atoms with van der Waals surface area (Å²) in [5, 5.41) is 6.75. The molecule has 0 radical (unpaired) electrons. The number of hydrogen-bond donors (Lipinski definition) is 1. The fraction of sp³-hybridized carbons (Fsp3) is 0.207. The number of hydrogen-bond acceptors (Lipinski definition) is 7. The lowest BCUT2D eigenvalue weighted by atomic mass is 10.1. The lowest BCUT2D eigenvalue weighted by Gasteiger charge is -2.19. The minimum Gasteiger partial charge on any atom is -0.495 e. The Balaban J connectivity index is 1.48. The second-order valence-electron chi connectivity index (χ2n) is 8.50. The summed E-state index contributed by atoms with van der Waals surface area (Å²) < 4.78 is 22.0. The number of ether oxygens (including phenoxy) is 3. The topological polar surface area (TPSA) is 99.9 Å². The van der Waals surface area contributed by atoms with Crippen LogP contribution >= 0.6 is 0 Å². The monoisotopic (exact) mass is 500 g/mol. The molecule has 1 aromatic heterocycles. The van der Waals surface area contributed by atoms with Crippen LogP contribution in [0.25, 0.3) is 0 Å². The van der Waals surface area contributed by atoms with E-state index in [1.807, 2.05) is 32.9 Å². The number of methoxy groups -OCH3 is 1. The minimum absolute atomic E-state index is 0.284. The van der Waals surface area contributed by atoms with Crippen LogP contribution in [0.15, 0.2) is 77.3 Å². The molecule has 1 atom stereocenters. The van der Waals surface area contributed by atoms with Crippen molar-refractivity contribution in [2.75, 3.05) is 12.4 Å². The molecule has 0 saturated heterocycles. The van der Waals surface area contributed by atoms with Crippen molar-refractivity contribution < 1.29 is 28.3 Å². The summed E-state index contributed by atoms with van der Waals surface area (Å²) in [5.74, 6) is 0.635. The standard InChI is InChI=1S/C29H28N2O6/c1-18-10-15-26(34-4)25(16-18)30-28(32)27(21-8-6-5-7-9-21)36-29(33)22-11-13-23(14-12-22)35-17-24-19(2)31-37-20(24)3/h5-16,27H,17H2,1-4H3,(H,30,32)/t27-/m0/s1. The van der Waals surface area contributed by atoms with Crippen LogP contribution < -0.4 is 14.8 Å². The molecule has 4 rings (SSSR count). The number of aryl methyl sites for hydroxylation is 3. The fourth-order valence-electron chi connectivity index (χ4n) is 3.74. The number of aromatic nitrogens is 1. The predicted octanol–water partition coefficient (Wildman–Crippen LogP) is 5.72. The van der Waals surface area contributed by atoms with Gasteiger partial charge >= 0.3 is 5.97 Å². The number of benzene rings is 3. The average Bonchev–Trinajstić information content (AvgIpc) is 3.23. The number of amides is 1. The highest BCUT2D eigenvalue weighted by Crippen LogP contribution is 2.28. The zero-order valence-corrected chi connectivity index (χ0v) is 21.1. The molecule has 1 N–H and O–H groups in total. The Labute approximate surface area is 215 Å². The molecule has 4 aromatic rings. The van der Waals surface area contributed by atoms with Crippen LogP contribution in [0.5, 0.6) is 11.5 Å². The van der Waals surface area contributed by atoms with Crippen LogP contribution in [0.3, 0.4) is 0 Å². The molecule has 37 heavy (non-hydrogen) atoms. The molecule has 1 heterocycles. The maximum atomic E-state index is 13.3. The summed E-state index contributed by atoms with van der Waals surface area (Å²) in [6.45, 7) is 5.88. The highest BCUT2D eigenvalue weighted by Gasteiger charge is 2.26. The number of rotatable bonds is 9. The molecule has 0 aliphatic heterocycles. The van der Waals surface area contributed by atoms with Crippen molar-refractivity contribution in [1.82, 2.24) is 5.16 Å². The molecular weight excluding hydrogens is 472 g/mol. The quantitative estimate of drug-likeness (QED) is 0.293. The van der Waals surface area contributed by atoms with Crippen LogP contribution in [0.1, 0.15) is 44.6 Å². The molecule has 0 unspecified atom stereocenters. The summed E-state index contributed by atoms with van der Waals surface area (Å²) in [7, 11) is 1.52. The van der Waals surface area contributed by atoms with Gasteiger partial charge in [-0.15, -0.1) is 0 Å². The van der Waals surface area contributed by atoms with E-state index >= 15 is 0 Å². The van der Waals surface area contributed by atoms with E-state index in [0.717, 1.165) is 16.8 Å². The van der Waals surface area contributed by atoms with Gasteiger partial charge in [0.1, 0.15) is 23.9 Å². The second kappa shape index (κ2) is 11.4. The Kier molecular flexibility index (Phi) is 7.88. The van der Waals surface area contributed by atoms with Gasteiger partial charge in [-0.25, -0.2) is 4.79 Å². The summed E-state index contributed by atoms with van der Waals surface area (Å²) in [5.41, 5.74) is 3.91. The maximum Gasteiger partial charge on any atom is 0.339 e. The van der Waals surface area contributed by atoms with Gasteiger partial charge in [-0.3, -0.25) is 4.79 Å². The average molecular weight is 501 g/mol. The Morgan fingerprint density at radius 2 is 1.70 bits per heavy atom. The van der Waals surface area contributed by atoms with Crippen molar-refractivity contribution in [1.29, 1.82) is 0 Å². The number of esters is 1. The van der Waals surface area contributed by atoms with Gasteiger partial charge in [0.05, 0.1) is 29.6 Å². The third kappa shape index (κ3) is 6.16. The zero-order valence-electron chi connectivity index (χ0n) is 21.1. The number of nitrogens with zero attached hydrogens (tertiary/aromatic N) is 1. The summed E-state index contributed by atoms with van der Waals surface area (Å²) in [6, 6.07) is 20.8. The number of nitrogens with one attached hydrogen (secondary N) is 1. The van der Waals surface area contributed by atoms with Gasteiger partial charge in [0.15, 0.2) is 0 Å². The smallest absolute Gasteiger partial charge is 0.339 e. The largest absolute Gasteiger partial charge is 0.495 e. The van der Waals surface area contributed by atoms with Crippen molar-refractivity contribution in [3.8, 4) is 11.5 Å². The van der Waals surface area contributed by atoms with Gasteiger partial charge in [0, 0.05) is 5.56 Å². The van der Waals surface area contributed by atoms with E-state index in [4.69, 9.17) is 18.7 Å². The zero-order chi connectivity index (χ0) is 26.4. The maximum absolute atomic E-state index is 13.3. The summed E-state index contributed by atoms with van der Waals surface area (Å²) >= 11 is 0. The minimum atomic E-state index is -1.17. The third-order valence-electron chi connectivity index (χ3n) is 5.83. The van der Waals surface area contributed by atoms with E-state index in [9.17, 15) is 9.59 Å². The molecule has 0 saturated carbocycles. The molecule has 0 fully saturated rings. The Morgan fingerprint density at radius 1 is 0.973 bits per heavy atom. The Bertz CT molecular complexity index is 1360. The molecule has 0 aliphatic carbocycles. The summed E-state index contributed by atoms with van der Waals surface area (Å²) in [4.78, 5) is 26.3. The molecule has 8 heteroatoms. The molecule has 8 nitrogen and oxygen atoms in total. The Hall–Kier alpha value is -4.59. The molecule has 3 aromatic carbocycles. The van der Waals surface area contributed by atoms with E-state index in [0.29, 0.717) is 35.1 Å². The van der Waals surface area contributed by atoms with Crippen molar-refractivity contribution in [2.24, 2.45) is 0 Å². The van der Waals surface area contributed by atoms with Gasteiger partial charge in [0.25, 0.3) is 5.91 Å². The third-order valence-corrected chi connectivity index (χ3v) is 5.83. The molecule has 0 spiro atoms. The van der Waals surface area contributed by atoms with E-state index in [1.54, 1.807) is 60.7 Å². The highest BCUT2D eigenvalue weighted by atomic mass is 16.5. The van der Waals surface area contributed by atoms with Crippen LogP contribution in [0, 0.1) is 20.8 Å². The van der Waals surface area contributed by atoms with E-state index < -0.39 is 18.0 Å². The molecule has 0 bridgehead atoms. The van der Waals surface area contributed by atoms with Gasteiger partial charge in [-0.2, -0.15) is 0 Å². The lowest BCUT2D eigenvalue weighted by Crippen LogP contribution is -2.26. The van der Waals surface area contributed by atoms with Crippen LogP contribution in [0.4, 0.5) is 5.69 Å². The van der Waals surface area contributed by atoms with Gasteiger partial charge < -0.3 is 24.1 Å². The highest BCUT2D eigenvalue weighted by molar-refractivity contribution is 5.99. The fourth-order valence-corrected chi connectivity index (χ4v) is 3.74. The SMILES string of the molecule is COc1ccc(C)cc1NC(=O)[C@@H](OC(=O)c1ccc(OCc2c(C)noc2C)cc1)c1ccccc1. The number of carbonyl (C=O) groups is 2. The Morgan fingerprint density at radius 3 is 2.35 bits per heavy atom. The van der Waals surface area contributed by atoms with Crippen molar-refractivity contribution in [3.63, 3.8) is 0 Å². The van der Waals surface area contributed by atoms with Gasteiger partial charge in [-0.1, -0.05) is 41.6 Å². The van der Waals surface area contributed by atoms with Crippen LogP contribution in [0.2, 0.25) is 0 Å². The van der Waals surface area contributed by atoms with Crippen LogP contribution in [-0.4, -0.2) is 24.1 Å². The summed E-state index contributed by atoms with van der Waals surface area (Å²) in [6.07, 6.45) is -1.17. The van der Waals surface area contributed by atoms with E-state index in [2.05, 4.69) is 10.5 Å². The van der Waals surface area contributed by atoms with Crippen molar-refractivity contribution in [2.45, 2.75) is 33.5 Å². The van der Waals surface area contributed by atoms with E-state index in [1.165, 1.54) is 7.11 Å². The second-order valence-corrected chi connectivity index (χ2v) is 8.50. The van der Waals surface area contributed by atoms with Crippen LogP contribution in [-0.2, 0) is 16.1 Å². The first-order chi connectivity index (χ1) is 17.9. The number of anilines is 1. The first kappa shape index (κ1) is 25.5. The van der Waals surface area contributed by atoms with Gasteiger partial charge in [0.2, 0.25) is 6.10 Å². The molecule has 0 aliphatic rings. The van der Waals surface area contributed by atoms with E-state index in [-0.39, 0.29) is 5.56 Å². The van der Waals surface area contributed by atoms with Crippen molar-refractivity contribution >= 4 is 17.6 Å². The lowest BCUT2D eigenvalue weighted by molar-refractivity contribution is -0.125. The first-order valence-electron chi connectivity index (χ1n) is 11.7. The normalized spacial score (nSPS) is 11.5. The molecule has 1 amide bonds. The molecular formula is C29H28N2O6.